The number of hydrogen-bond donors (Lipinski definition) is 1. The van der Waals surface area contributed by atoms with E-state index in [0.29, 0.717) is 6.04 Å². The lowest BCUT2D eigenvalue weighted by atomic mass is 9.99. The van der Waals surface area contributed by atoms with Crippen LogP contribution in [0.1, 0.15) is 59.8 Å². The van der Waals surface area contributed by atoms with Gasteiger partial charge in [0, 0.05) is 12.1 Å². The minimum atomic E-state index is 0.704. The molecule has 1 rings (SSSR count). The first kappa shape index (κ1) is 12.0. The second-order valence-electron chi connectivity index (χ2n) is 5.17. The largest absolute Gasteiger partial charge is 0.311 e. The molecule has 0 saturated heterocycles. The maximum atomic E-state index is 3.79. The first-order valence-electron chi connectivity index (χ1n) is 6.43. The normalized spacial score (nSPS) is 23.1. The Bertz CT molecular complexity index is 151. The topological polar surface area (TPSA) is 12.0 Å². The van der Waals surface area contributed by atoms with Gasteiger partial charge in [-0.05, 0) is 44.4 Å². The molecule has 1 aliphatic carbocycles. The summed E-state index contributed by atoms with van der Waals surface area (Å²) in [7, 11) is 0. The number of hydrogen-bond acceptors (Lipinski definition) is 1. The first-order chi connectivity index (χ1) is 6.67. The lowest BCUT2D eigenvalue weighted by molar-refractivity contribution is 0.347. The molecule has 1 nitrogen and oxygen atoms in total. The fourth-order valence-electron chi connectivity index (χ4n) is 2.29. The lowest BCUT2D eigenvalue weighted by Crippen LogP contribution is -2.38. The molecule has 1 saturated carbocycles. The third kappa shape index (κ3) is 4.00. The molecular formula is C13H27N. The van der Waals surface area contributed by atoms with Gasteiger partial charge in [0.15, 0.2) is 0 Å². The van der Waals surface area contributed by atoms with Crippen LogP contribution in [0.4, 0.5) is 0 Å². The van der Waals surface area contributed by atoms with Crippen LogP contribution in [0.25, 0.3) is 0 Å². The van der Waals surface area contributed by atoms with Crippen molar-refractivity contribution in [2.45, 2.75) is 71.9 Å². The molecule has 84 valence electrons. The van der Waals surface area contributed by atoms with Gasteiger partial charge in [-0.1, -0.05) is 27.2 Å². The van der Waals surface area contributed by atoms with E-state index in [9.17, 15) is 0 Å². The third-order valence-electron chi connectivity index (χ3n) is 3.58. The van der Waals surface area contributed by atoms with Crippen molar-refractivity contribution < 1.29 is 0 Å². The van der Waals surface area contributed by atoms with Gasteiger partial charge in [-0.15, -0.1) is 0 Å². The summed E-state index contributed by atoms with van der Waals surface area (Å²) in [6.07, 6.45) is 6.87. The monoisotopic (exact) mass is 197 g/mol. The van der Waals surface area contributed by atoms with Crippen LogP contribution in [-0.2, 0) is 0 Å². The minimum Gasteiger partial charge on any atom is -0.311 e. The van der Waals surface area contributed by atoms with Gasteiger partial charge >= 0.3 is 0 Å². The Kier molecular flexibility index (Phi) is 4.94. The van der Waals surface area contributed by atoms with Gasteiger partial charge in [0.25, 0.3) is 0 Å². The summed E-state index contributed by atoms with van der Waals surface area (Å²) in [4.78, 5) is 0. The van der Waals surface area contributed by atoms with E-state index >= 15 is 0 Å². The maximum absolute atomic E-state index is 3.79. The van der Waals surface area contributed by atoms with Crippen molar-refractivity contribution in [1.29, 1.82) is 0 Å². The van der Waals surface area contributed by atoms with E-state index in [2.05, 4.69) is 33.0 Å². The van der Waals surface area contributed by atoms with Crippen molar-refractivity contribution in [1.82, 2.24) is 5.32 Å². The van der Waals surface area contributed by atoms with E-state index in [4.69, 9.17) is 0 Å². The smallest absolute Gasteiger partial charge is 0.00951 e. The Morgan fingerprint density at radius 2 is 1.79 bits per heavy atom. The number of rotatable bonds is 7. The van der Waals surface area contributed by atoms with Crippen LogP contribution >= 0.6 is 0 Å². The minimum absolute atomic E-state index is 0.704. The van der Waals surface area contributed by atoms with Crippen molar-refractivity contribution in [3.05, 3.63) is 0 Å². The van der Waals surface area contributed by atoms with E-state index in [1.54, 1.807) is 0 Å². The summed E-state index contributed by atoms with van der Waals surface area (Å²) in [6, 6.07) is 1.50. The predicted octanol–water partition coefficient (Wildman–Crippen LogP) is 3.59. The molecular weight excluding hydrogens is 170 g/mol. The van der Waals surface area contributed by atoms with Crippen molar-refractivity contribution in [2.24, 2.45) is 11.8 Å². The molecule has 0 amide bonds. The highest BCUT2D eigenvalue weighted by atomic mass is 15.0. The highest BCUT2D eigenvalue weighted by Crippen LogP contribution is 2.34. The highest BCUT2D eigenvalue weighted by Gasteiger charge is 2.30. The highest BCUT2D eigenvalue weighted by molar-refractivity contribution is 4.87. The average Bonchev–Trinajstić information content (AvgIpc) is 2.97. The van der Waals surface area contributed by atoms with Crippen molar-refractivity contribution in [3.63, 3.8) is 0 Å². The molecule has 0 aromatic rings. The second-order valence-corrected chi connectivity index (χ2v) is 5.17. The molecule has 1 N–H and O–H groups in total. The Balaban J connectivity index is 2.19. The van der Waals surface area contributed by atoms with Crippen LogP contribution in [0.15, 0.2) is 0 Å². The summed E-state index contributed by atoms with van der Waals surface area (Å²) in [5.74, 6) is 1.87. The molecule has 0 bridgehead atoms. The van der Waals surface area contributed by atoms with Crippen LogP contribution in [0.2, 0.25) is 0 Å². The molecule has 14 heavy (non-hydrogen) atoms. The first-order valence-corrected chi connectivity index (χ1v) is 6.43. The molecule has 0 radical (unpaired) electrons. The van der Waals surface area contributed by atoms with E-state index < -0.39 is 0 Å². The second kappa shape index (κ2) is 5.75. The van der Waals surface area contributed by atoms with Gasteiger partial charge in [-0.2, -0.15) is 0 Å². The Hall–Kier alpha value is -0.0400. The van der Waals surface area contributed by atoms with E-state index in [1.807, 2.05) is 0 Å². The van der Waals surface area contributed by atoms with Crippen molar-refractivity contribution in [2.75, 3.05) is 0 Å². The molecule has 3 atom stereocenters. The molecule has 1 fully saturated rings. The summed E-state index contributed by atoms with van der Waals surface area (Å²) >= 11 is 0. The van der Waals surface area contributed by atoms with Gasteiger partial charge in [-0.3, -0.25) is 0 Å². The van der Waals surface area contributed by atoms with Crippen molar-refractivity contribution in [3.8, 4) is 0 Å². The lowest BCUT2D eigenvalue weighted by Gasteiger charge is -2.24. The fraction of sp³-hybridized carbons (Fsp3) is 1.00. The van der Waals surface area contributed by atoms with Crippen LogP contribution in [-0.4, -0.2) is 12.1 Å². The van der Waals surface area contributed by atoms with Crippen LogP contribution in [0, 0.1) is 11.8 Å². The molecule has 3 unspecified atom stereocenters. The van der Waals surface area contributed by atoms with Gasteiger partial charge < -0.3 is 5.32 Å². The molecule has 0 spiro atoms. The van der Waals surface area contributed by atoms with Gasteiger partial charge in [0.1, 0.15) is 0 Å². The quantitative estimate of drug-likeness (QED) is 0.657. The summed E-state index contributed by atoms with van der Waals surface area (Å²) < 4.78 is 0. The van der Waals surface area contributed by atoms with E-state index in [0.717, 1.165) is 17.9 Å². The molecule has 0 aromatic carbocycles. The Labute approximate surface area is 89.7 Å². The van der Waals surface area contributed by atoms with Crippen LogP contribution in [0.5, 0.6) is 0 Å². The fourth-order valence-corrected chi connectivity index (χ4v) is 2.29. The summed E-state index contributed by atoms with van der Waals surface area (Å²) in [5, 5.41) is 3.79. The predicted molar refractivity (Wildman–Crippen MR) is 63.5 cm³/mol. The molecule has 0 aliphatic heterocycles. The molecule has 0 heterocycles. The van der Waals surface area contributed by atoms with E-state index in [1.165, 1.54) is 32.1 Å². The van der Waals surface area contributed by atoms with Gasteiger partial charge in [-0.25, -0.2) is 0 Å². The standard InChI is InChI=1S/C13H27N/c1-5-10(3)9-11(4)14-13(6-2)12-7-8-12/h10-14H,5-9H2,1-4H3. The SMILES string of the molecule is CCC(C)CC(C)NC(CC)C1CC1. The Morgan fingerprint density at radius 3 is 2.21 bits per heavy atom. The molecule has 1 aliphatic rings. The number of nitrogens with one attached hydrogen (secondary N) is 1. The third-order valence-corrected chi connectivity index (χ3v) is 3.58. The maximum Gasteiger partial charge on any atom is 0.00951 e. The Morgan fingerprint density at radius 1 is 1.14 bits per heavy atom. The van der Waals surface area contributed by atoms with Gasteiger partial charge in [0.05, 0.1) is 0 Å². The van der Waals surface area contributed by atoms with Gasteiger partial charge in [0.2, 0.25) is 0 Å². The molecule has 0 aromatic heterocycles. The van der Waals surface area contributed by atoms with E-state index in [-0.39, 0.29) is 0 Å². The van der Waals surface area contributed by atoms with Crippen molar-refractivity contribution >= 4 is 0 Å². The zero-order valence-corrected chi connectivity index (χ0v) is 10.3. The van der Waals surface area contributed by atoms with Crippen LogP contribution < -0.4 is 5.32 Å². The zero-order valence-electron chi connectivity index (χ0n) is 10.3. The zero-order chi connectivity index (χ0) is 10.6. The van der Waals surface area contributed by atoms with Crippen LogP contribution in [0.3, 0.4) is 0 Å². The average molecular weight is 197 g/mol. The summed E-state index contributed by atoms with van der Waals surface area (Å²) in [5.41, 5.74) is 0. The molecule has 1 heteroatoms. The summed E-state index contributed by atoms with van der Waals surface area (Å²) in [6.45, 7) is 9.30.